The molecule has 1 aliphatic rings. The van der Waals surface area contributed by atoms with Crippen LogP contribution in [0.3, 0.4) is 0 Å². The van der Waals surface area contributed by atoms with Gasteiger partial charge < -0.3 is 14.4 Å². The van der Waals surface area contributed by atoms with E-state index in [0.717, 1.165) is 47.2 Å². The third-order valence-corrected chi connectivity index (χ3v) is 4.57. The van der Waals surface area contributed by atoms with Crippen molar-refractivity contribution in [3.05, 3.63) is 53.7 Å². The Kier molecular flexibility index (Phi) is 3.11. The molecule has 116 valence electrons. The molecule has 0 bridgehead atoms. The van der Waals surface area contributed by atoms with E-state index in [2.05, 4.69) is 6.07 Å². The molecule has 0 radical (unpaired) electrons. The second kappa shape index (κ2) is 5.16. The van der Waals surface area contributed by atoms with Crippen LogP contribution < -0.4 is 4.74 Å². The van der Waals surface area contributed by atoms with E-state index in [9.17, 15) is 9.90 Å². The molecule has 4 nitrogen and oxygen atoms in total. The zero-order valence-corrected chi connectivity index (χ0v) is 12.9. The number of para-hydroxylation sites is 1. The summed E-state index contributed by atoms with van der Waals surface area (Å²) < 4.78 is 7.17. The molecule has 1 aliphatic heterocycles. The summed E-state index contributed by atoms with van der Waals surface area (Å²) in [6, 6.07) is 13.7. The van der Waals surface area contributed by atoms with Gasteiger partial charge in [-0.2, -0.15) is 0 Å². The smallest absolute Gasteiger partial charge is 0.353 e. The number of rotatable bonds is 3. The maximum Gasteiger partial charge on any atom is 0.353 e. The summed E-state index contributed by atoms with van der Waals surface area (Å²) in [6.07, 6.45) is 1.98. The molecule has 1 N–H and O–H groups in total. The number of carbonyl (C=O) groups is 1. The summed E-state index contributed by atoms with van der Waals surface area (Å²) >= 11 is 0. The van der Waals surface area contributed by atoms with Gasteiger partial charge in [-0.1, -0.05) is 30.3 Å². The fourth-order valence-corrected chi connectivity index (χ4v) is 3.61. The largest absolute Gasteiger partial charge is 0.497 e. The predicted molar refractivity (Wildman–Crippen MR) is 89.2 cm³/mol. The van der Waals surface area contributed by atoms with Crippen LogP contribution in [0.5, 0.6) is 5.75 Å². The van der Waals surface area contributed by atoms with Crippen LogP contribution in [0.15, 0.2) is 42.5 Å². The Morgan fingerprint density at radius 2 is 1.96 bits per heavy atom. The monoisotopic (exact) mass is 307 g/mol. The van der Waals surface area contributed by atoms with Crippen molar-refractivity contribution in [2.75, 3.05) is 7.11 Å². The van der Waals surface area contributed by atoms with Crippen LogP contribution in [-0.2, 0) is 13.0 Å². The summed E-state index contributed by atoms with van der Waals surface area (Å²) in [5.74, 6) is -0.112. The third-order valence-electron chi connectivity index (χ3n) is 4.57. The first kappa shape index (κ1) is 13.9. The highest BCUT2D eigenvalue weighted by Crippen LogP contribution is 2.39. The molecule has 0 unspecified atom stereocenters. The lowest BCUT2D eigenvalue weighted by molar-refractivity contribution is 0.0686. The van der Waals surface area contributed by atoms with Crippen LogP contribution in [-0.4, -0.2) is 22.8 Å². The van der Waals surface area contributed by atoms with Crippen LogP contribution in [0.25, 0.3) is 22.0 Å². The summed E-state index contributed by atoms with van der Waals surface area (Å²) in [6.45, 7) is 0.755. The van der Waals surface area contributed by atoms with E-state index in [0.29, 0.717) is 5.69 Å². The van der Waals surface area contributed by atoms with E-state index >= 15 is 0 Å². The van der Waals surface area contributed by atoms with Gasteiger partial charge in [0.25, 0.3) is 0 Å². The van der Waals surface area contributed by atoms with Gasteiger partial charge in [0.1, 0.15) is 11.4 Å². The molecule has 4 heteroatoms. The minimum atomic E-state index is -0.875. The van der Waals surface area contributed by atoms with Crippen molar-refractivity contribution in [3.63, 3.8) is 0 Å². The number of hydrogen-bond donors (Lipinski definition) is 1. The highest BCUT2D eigenvalue weighted by Gasteiger charge is 2.26. The van der Waals surface area contributed by atoms with Crippen LogP contribution >= 0.6 is 0 Å². The number of ether oxygens (including phenoxy) is 1. The second-order valence-electron chi connectivity index (χ2n) is 5.83. The van der Waals surface area contributed by atoms with Gasteiger partial charge in [-0.25, -0.2) is 4.79 Å². The van der Waals surface area contributed by atoms with Crippen molar-refractivity contribution in [1.29, 1.82) is 0 Å². The van der Waals surface area contributed by atoms with E-state index in [1.165, 1.54) is 5.56 Å². The molecule has 1 aromatic heterocycles. The minimum Gasteiger partial charge on any atom is -0.497 e. The molecule has 2 heterocycles. The van der Waals surface area contributed by atoms with Gasteiger partial charge in [-0.3, -0.25) is 0 Å². The Balaban J connectivity index is 2.07. The number of methoxy groups -OCH3 is 1. The summed E-state index contributed by atoms with van der Waals surface area (Å²) in [4.78, 5) is 12.0. The van der Waals surface area contributed by atoms with E-state index in [-0.39, 0.29) is 0 Å². The zero-order valence-electron chi connectivity index (χ0n) is 12.9. The van der Waals surface area contributed by atoms with Crippen molar-refractivity contribution in [2.24, 2.45) is 0 Å². The molecule has 0 amide bonds. The third kappa shape index (κ3) is 2.02. The fourth-order valence-electron chi connectivity index (χ4n) is 3.61. The van der Waals surface area contributed by atoms with Gasteiger partial charge in [0, 0.05) is 17.5 Å². The van der Waals surface area contributed by atoms with Crippen LogP contribution in [0.4, 0.5) is 0 Å². The summed E-state index contributed by atoms with van der Waals surface area (Å²) in [5.41, 5.74) is 4.40. The topological polar surface area (TPSA) is 51.5 Å². The van der Waals surface area contributed by atoms with Crippen LogP contribution in [0.1, 0.15) is 22.5 Å². The first-order valence-corrected chi connectivity index (χ1v) is 7.72. The molecule has 4 rings (SSSR count). The number of aromatic carboxylic acids is 1. The van der Waals surface area contributed by atoms with E-state index in [1.807, 2.05) is 41.0 Å². The lowest BCUT2D eigenvalue weighted by Gasteiger charge is -2.16. The molecule has 0 atom stereocenters. The Hall–Kier alpha value is -2.75. The lowest BCUT2D eigenvalue weighted by atomic mass is 9.99. The molecule has 0 spiro atoms. The number of carboxylic acid groups (broad SMARTS) is 1. The average molecular weight is 307 g/mol. The van der Waals surface area contributed by atoms with E-state index in [1.54, 1.807) is 7.11 Å². The molecule has 0 aliphatic carbocycles. The number of nitrogens with zero attached hydrogens (tertiary/aromatic N) is 1. The number of hydrogen-bond acceptors (Lipinski definition) is 2. The van der Waals surface area contributed by atoms with Crippen LogP contribution in [0.2, 0.25) is 0 Å². The average Bonchev–Trinajstić information content (AvgIpc) is 2.92. The van der Waals surface area contributed by atoms with Crippen LogP contribution in [0, 0.1) is 0 Å². The van der Waals surface area contributed by atoms with Gasteiger partial charge in [0.05, 0.1) is 12.6 Å². The quantitative estimate of drug-likeness (QED) is 0.797. The molecule has 3 aromatic rings. The first-order chi connectivity index (χ1) is 11.2. The number of carboxylic acids is 1. The molecular weight excluding hydrogens is 290 g/mol. The number of aromatic nitrogens is 1. The molecular formula is C19H17NO3. The van der Waals surface area contributed by atoms with Crippen molar-refractivity contribution in [2.45, 2.75) is 19.4 Å². The Morgan fingerprint density at radius 3 is 2.65 bits per heavy atom. The maximum absolute atomic E-state index is 12.0. The predicted octanol–water partition coefficient (Wildman–Crippen LogP) is 3.96. The summed E-state index contributed by atoms with van der Waals surface area (Å²) in [5, 5.41) is 10.8. The molecule has 0 saturated heterocycles. The van der Waals surface area contributed by atoms with Crippen molar-refractivity contribution < 1.29 is 14.6 Å². The Bertz CT molecular complexity index is 907. The number of benzene rings is 2. The van der Waals surface area contributed by atoms with Gasteiger partial charge in [0.15, 0.2) is 0 Å². The van der Waals surface area contributed by atoms with E-state index < -0.39 is 5.97 Å². The van der Waals surface area contributed by atoms with Crippen molar-refractivity contribution >= 4 is 16.9 Å². The fraction of sp³-hybridized carbons (Fsp3) is 0.211. The van der Waals surface area contributed by atoms with Crippen molar-refractivity contribution in [1.82, 2.24) is 4.57 Å². The van der Waals surface area contributed by atoms with Crippen molar-refractivity contribution in [3.8, 4) is 16.9 Å². The van der Waals surface area contributed by atoms with Gasteiger partial charge in [0.2, 0.25) is 0 Å². The molecule has 23 heavy (non-hydrogen) atoms. The standard InChI is InChI=1S/C19H17NO3/c1-23-14-9-7-12(8-10-14)16-15-6-2-4-13-5-3-11-20(17(13)15)18(16)19(21)22/h2,4,6-10H,3,5,11H2,1H3,(H,21,22). The summed E-state index contributed by atoms with van der Waals surface area (Å²) in [7, 11) is 1.62. The van der Waals surface area contributed by atoms with Gasteiger partial charge in [-0.05, 0) is 36.1 Å². The SMILES string of the molecule is COc1ccc(-c2c(C(=O)O)n3c4c(cccc24)CCC3)cc1. The molecule has 2 aromatic carbocycles. The maximum atomic E-state index is 12.0. The number of aryl methyl sites for hydroxylation is 2. The Labute approximate surface area is 133 Å². The van der Waals surface area contributed by atoms with Gasteiger partial charge in [-0.15, -0.1) is 0 Å². The Morgan fingerprint density at radius 1 is 1.17 bits per heavy atom. The molecule has 0 fully saturated rings. The normalized spacial score (nSPS) is 13.3. The highest BCUT2D eigenvalue weighted by atomic mass is 16.5. The minimum absolute atomic E-state index is 0.386. The first-order valence-electron chi connectivity index (χ1n) is 7.72. The zero-order chi connectivity index (χ0) is 16.0. The highest BCUT2D eigenvalue weighted by molar-refractivity contribution is 6.09. The van der Waals surface area contributed by atoms with E-state index in [4.69, 9.17) is 4.74 Å². The lowest BCUT2D eigenvalue weighted by Crippen LogP contribution is -2.13. The van der Waals surface area contributed by atoms with Gasteiger partial charge >= 0.3 is 5.97 Å². The molecule has 0 saturated carbocycles. The second-order valence-corrected chi connectivity index (χ2v) is 5.83.